The molecule has 0 saturated heterocycles. The van der Waals surface area contributed by atoms with E-state index in [-0.39, 0.29) is 0 Å². The molecule has 9 aromatic rings. The number of furan rings is 1. The molecular weight excluding hydrogens is 671 g/mol. The fourth-order valence-corrected chi connectivity index (χ4v) is 7.73. The molecule has 4 nitrogen and oxygen atoms in total. The topological polar surface area (TPSA) is 51.8 Å². The second-order valence-electron chi connectivity index (χ2n) is 13.9. The first-order chi connectivity index (χ1) is 27.2. The molecule has 0 amide bonds. The molecule has 260 valence electrons. The molecule has 2 heterocycles. The second kappa shape index (κ2) is 14.0. The van der Waals surface area contributed by atoms with Crippen LogP contribution in [-0.4, -0.2) is 15.0 Å². The fraction of sp³-hybridized carbons (Fsp3) is 0.0392. The Bertz CT molecular complexity index is 2910. The highest BCUT2D eigenvalue weighted by Crippen LogP contribution is 2.42. The summed E-state index contributed by atoms with van der Waals surface area (Å²) in [6.07, 6.45) is 6.19. The van der Waals surface area contributed by atoms with Gasteiger partial charge in [-0.15, -0.1) is 0 Å². The van der Waals surface area contributed by atoms with Gasteiger partial charge in [0.15, 0.2) is 17.5 Å². The van der Waals surface area contributed by atoms with E-state index in [0.29, 0.717) is 17.5 Å². The molecule has 55 heavy (non-hydrogen) atoms. The van der Waals surface area contributed by atoms with Crippen molar-refractivity contribution in [2.24, 2.45) is 0 Å². The molecular formula is C51H35N3O. The SMILES string of the molecule is C1=CC(c2nc(-c3ccccc3)nc(-c3cccc(-c4ccccc4)c3)n2)=C(c2cccc3oc4ccc(-c5cccc(-c6ccccc6)c5)cc4c23)CC1. The van der Waals surface area contributed by atoms with Crippen LogP contribution in [0.15, 0.2) is 192 Å². The lowest BCUT2D eigenvalue weighted by atomic mass is 9.88. The van der Waals surface area contributed by atoms with Crippen molar-refractivity contribution in [3.05, 3.63) is 199 Å². The van der Waals surface area contributed by atoms with E-state index in [0.717, 1.165) is 79.3 Å². The quantitative estimate of drug-likeness (QED) is 0.166. The molecule has 0 aliphatic heterocycles. The van der Waals surface area contributed by atoms with Gasteiger partial charge < -0.3 is 4.42 Å². The van der Waals surface area contributed by atoms with Crippen molar-refractivity contribution in [1.29, 1.82) is 0 Å². The van der Waals surface area contributed by atoms with E-state index in [1.165, 1.54) is 16.7 Å². The van der Waals surface area contributed by atoms with Gasteiger partial charge in [-0.1, -0.05) is 158 Å². The summed E-state index contributed by atoms with van der Waals surface area (Å²) in [6.45, 7) is 0. The lowest BCUT2D eigenvalue weighted by Gasteiger charge is -2.18. The number of nitrogens with zero attached hydrogens (tertiary/aromatic N) is 3. The van der Waals surface area contributed by atoms with E-state index < -0.39 is 0 Å². The molecule has 0 fully saturated rings. The van der Waals surface area contributed by atoms with Gasteiger partial charge in [0.1, 0.15) is 11.2 Å². The van der Waals surface area contributed by atoms with Crippen LogP contribution in [0.4, 0.5) is 0 Å². The van der Waals surface area contributed by atoms with Crippen molar-refractivity contribution >= 4 is 33.1 Å². The first-order valence-corrected chi connectivity index (χ1v) is 18.7. The van der Waals surface area contributed by atoms with Crippen LogP contribution < -0.4 is 0 Å². The Morgan fingerprint density at radius 3 is 1.62 bits per heavy atom. The number of hydrogen-bond donors (Lipinski definition) is 0. The molecule has 2 aromatic heterocycles. The van der Waals surface area contributed by atoms with Crippen molar-refractivity contribution in [3.63, 3.8) is 0 Å². The van der Waals surface area contributed by atoms with Gasteiger partial charge in [-0.3, -0.25) is 0 Å². The van der Waals surface area contributed by atoms with Crippen LogP contribution in [0, 0.1) is 0 Å². The molecule has 0 atom stereocenters. The Kier molecular flexibility index (Phi) is 8.27. The summed E-state index contributed by atoms with van der Waals surface area (Å²) >= 11 is 0. The Labute approximate surface area is 319 Å². The van der Waals surface area contributed by atoms with Crippen LogP contribution in [0.25, 0.3) is 89.2 Å². The van der Waals surface area contributed by atoms with E-state index in [1.807, 2.05) is 24.3 Å². The molecule has 0 unspecified atom stereocenters. The minimum Gasteiger partial charge on any atom is -0.456 e. The third-order valence-corrected chi connectivity index (χ3v) is 10.4. The maximum absolute atomic E-state index is 6.53. The van der Waals surface area contributed by atoms with Crippen molar-refractivity contribution in [2.45, 2.75) is 12.8 Å². The van der Waals surface area contributed by atoms with E-state index >= 15 is 0 Å². The molecule has 0 bridgehead atoms. The zero-order chi connectivity index (χ0) is 36.6. The molecule has 0 saturated carbocycles. The van der Waals surface area contributed by atoms with Crippen LogP contribution in [0.2, 0.25) is 0 Å². The molecule has 1 aliphatic rings. The van der Waals surface area contributed by atoms with Crippen LogP contribution in [0.3, 0.4) is 0 Å². The number of fused-ring (bicyclic) bond motifs is 3. The van der Waals surface area contributed by atoms with Gasteiger partial charge in [0, 0.05) is 27.5 Å². The molecule has 10 rings (SSSR count). The minimum atomic E-state index is 0.641. The summed E-state index contributed by atoms with van der Waals surface area (Å²) in [5.41, 5.74) is 13.9. The van der Waals surface area contributed by atoms with E-state index in [1.54, 1.807) is 0 Å². The summed E-state index contributed by atoms with van der Waals surface area (Å²) in [5.74, 6) is 1.94. The highest BCUT2D eigenvalue weighted by Gasteiger charge is 2.22. The van der Waals surface area contributed by atoms with E-state index in [4.69, 9.17) is 19.4 Å². The Morgan fingerprint density at radius 2 is 0.927 bits per heavy atom. The van der Waals surface area contributed by atoms with Gasteiger partial charge in [0.05, 0.1) is 0 Å². The second-order valence-corrected chi connectivity index (χ2v) is 13.9. The molecule has 0 N–H and O–H groups in total. The van der Waals surface area contributed by atoms with Gasteiger partial charge in [-0.2, -0.15) is 0 Å². The first-order valence-electron chi connectivity index (χ1n) is 18.7. The predicted octanol–water partition coefficient (Wildman–Crippen LogP) is 13.4. The third kappa shape index (κ3) is 6.24. The van der Waals surface area contributed by atoms with Crippen molar-refractivity contribution in [1.82, 2.24) is 15.0 Å². The Morgan fingerprint density at radius 1 is 0.400 bits per heavy atom. The van der Waals surface area contributed by atoms with Crippen molar-refractivity contribution < 1.29 is 4.42 Å². The highest BCUT2D eigenvalue weighted by atomic mass is 16.3. The summed E-state index contributed by atoms with van der Waals surface area (Å²) < 4.78 is 6.53. The molecule has 1 aliphatic carbocycles. The van der Waals surface area contributed by atoms with Crippen LogP contribution in [0.1, 0.15) is 24.2 Å². The summed E-state index contributed by atoms with van der Waals surface area (Å²) in [4.78, 5) is 15.5. The lowest BCUT2D eigenvalue weighted by Crippen LogP contribution is -2.05. The molecule has 0 radical (unpaired) electrons. The van der Waals surface area contributed by atoms with Crippen LogP contribution in [0.5, 0.6) is 0 Å². The zero-order valence-electron chi connectivity index (χ0n) is 30.1. The largest absolute Gasteiger partial charge is 0.456 e. The summed E-state index contributed by atoms with van der Waals surface area (Å²) in [6, 6.07) is 61.3. The summed E-state index contributed by atoms with van der Waals surface area (Å²) in [5, 5.41) is 2.20. The molecule has 7 aromatic carbocycles. The van der Waals surface area contributed by atoms with E-state index in [9.17, 15) is 0 Å². The zero-order valence-corrected chi connectivity index (χ0v) is 30.1. The summed E-state index contributed by atoms with van der Waals surface area (Å²) in [7, 11) is 0. The number of benzene rings is 7. The average Bonchev–Trinajstić information content (AvgIpc) is 3.66. The standard InChI is InChI=1S/C51H35N3O/c1-4-15-34(16-5-1)37-21-12-23-39(31-37)40-29-30-46-45(33-40)48-43(27-14-28-47(48)55-46)42-25-10-11-26-44(42)51-53-49(36-19-8-3-9-20-36)52-50(54-51)41-24-13-22-38(32-41)35-17-6-2-7-18-35/h1-9,11-24,26-33H,10,25H2. The number of rotatable bonds is 7. The molecule has 4 heteroatoms. The monoisotopic (exact) mass is 705 g/mol. The fourth-order valence-electron chi connectivity index (χ4n) is 7.73. The van der Waals surface area contributed by atoms with Gasteiger partial charge in [0.2, 0.25) is 0 Å². The number of aromatic nitrogens is 3. The van der Waals surface area contributed by atoms with Crippen molar-refractivity contribution in [2.75, 3.05) is 0 Å². The first kappa shape index (κ1) is 32.5. The average molecular weight is 706 g/mol. The number of allylic oxidation sites excluding steroid dienone is 4. The van der Waals surface area contributed by atoms with Gasteiger partial charge >= 0.3 is 0 Å². The maximum atomic E-state index is 6.53. The van der Waals surface area contributed by atoms with Crippen LogP contribution >= 0.6 is 0 Å². The van der Waals surface area contributed by atoms with E-state index in [2.05, 4.69) is 164 Å². The molecule has 0 spiro atoms. The lowest BCUT2D eigenvalue weighted by molar-refractivity contribution is 0.669. The minimum absolute atomic E-state index is 0.641. The Balaban J connectivity index is 1.14. The number of hydrogen-bond acceptors (Lipinski definition) is 4. The van der Waals surface area contributed by atoms with Gasteiger partial charge in [-0.05, 0) is 87.7 Å². The van der Waals surface area contributed by atoms with Gasteiger partial charge in [0.25, 0.3) is 0 Å². The van der Waals surface area contributed by atoms with Gasteiger partial charge in [-0.25, -0.2) is 15.0 Å². The Hall–Kier alpha value is -7.17. The normalized spacial score (nSPS) is 12.8. The predicted molar refractivity (Wildman–Crippen MR) is 226 cm³/mol. The highest BCUT2D eigenvalue weighted by molar-refractivity contribution is 6.14. The smallest absolute Gasteiger partial charge is 0.164 e. The van der Waals surface area contributed by atoms with Crippen molar-refractivity contribution in [3.8, 4) is 56.2 Å². The maximum Gasteiger partial charge on any atom is 0.164 e. The van der Waals surface area contributed by atoms with Crippen LogP contribution in [-0.2, 0) is 0 Å². The third-order valence-electron chi connectivity index (χ3n) is 10.4.